The average molecular weight is 279 g/mol. The molecular formula is C16H25NOS. The Morgan fingerprint density at radius 1 is 1.00 bits per heavy atom. The van der Waals surface area contributed by atoms with Gasteiger partial charge in [-0.05, 0) is 66.0 Å². The molecule has 1 fully saturated rings. The van der Waals surface area contributed by atoms with Gasteiger partial charge in [-0.2, -0.15) is 0 Å². The number of hydrogen-bond acceptors (Lipinski definition) is 1. The van der Waals surface area contributed by atoms with Gasteiger partial charge in [0.1, 0.15) is 11.0 Å². The van der Waals surface area contributed by atoms with Gasteiger partial charge in [0.2, 0.25) is 0 Å². The van der Waals surface area contributed by atoms with Crippen LogP contribution in [0.3, 0.4) is 0 Å². The number of benzene rings is 1. The molecular weight excluding hydrogens is 254 g/mol. The quantitative estimate of drug-likeness (QED) is 0.799. The zero-order valence-corrected chi connectivity index (χ0v) is 13.5. The van der Waals surface area contributed by atoms with E-state index in [2.05, 4.69) is 38.9 Å². The maximum Gasteiger partial charge on any atom is 0.128 e. The van der Waals surface area contributed by atoms with Crippen molar-refractivity contribution in [2.24, 2.45) is 0 Å². The van der Waals surface area contributed by atoms with Crippen molar-refractivity contribution in [1.29, 1.82) is 0 Å². The highest BCUT2D eigenvalue weighted by Gasteiger charge is 2.44. The molecule has 0 N–H and O–H groups in total. The minimum atomic E-state index is -1.08. The molecule has 1 saturated heterocycles. The zero-order chi connectivity index (χ0) is 14.3. The average Bonchev–Trinajstić information content (AvgIpc) is 2.27. The lowest BCUT2D eigenvalue weighted by atomic mass is 9.83. The number of piperidine rings is 1. The van der Waals surface area contributed by atoms with E-state index in [4.69, 9.17) is 0 Å². The second kappa shape index (κ2) is 5.02. The molecule has 106 valence electrons. The number of nitrogens with zero attached hydrogens (tertiary/aromatic N) is 1. The van der Waals surface area contributed by atoms with Crippen LogP contribution in [0.25, 0.3) is 0 Å². The molecule has 1 heterocycles. The second-order valence-corrected chi connectivity index (χ2v) is 8.17. The molecule has 1 aromatic carbocycles. The molecule has 1 aliphatic heterocycles. The Balaban J connectivity index is 2.36. The Bertz CT molecular complexity index is 460. The van der Waals surface area contributed by atoms with Crippen LogP contribution in [-0.2, 0) is 11.0 Å². The molecule has 0 amide bonds. The molecule has 1 aromatic rings. The monoisotopic (exact) mass is 279 g/mol. The molecule has 1 unspecified atom stereocenters. The largest absolute Gasteiger partial charge is 0.237 e. The second-order valence-electron chi connectivity index (χ2n) is 6.84. The van der Waals surface area contributed by atoms with Gasteiger partial charge < -0.3 is 0 Å². The Kier molecular flexibility index (Phi) is 3.90. The van der Waals surface area contributed by atoms with Gasteiger partial charge >= 0.3 is 0 Å². The van der Waals surface area contributed by atoms with Crippen LogP contribution in [-0.4, -0.2) is 19.6 Å². The predicted molar refractivity (Wildman–Crippen MR) is 81.4 cm³/mol. The normalized spacial score (nSPS) is 24.1. The van der Waals surface area contributed by atoms with Crippen molar-refractivity contribution in [3.05, 3.63) is 29.8 Å². The van der Waals surface area contributed by atoms with E-state index < -0.39 is 11.0 Å². The standard InChI is InChI=1S/C16H25NOS/c1-13-7-9-14(10-8-13)19(18)17-15(2,3)11-6-12-16(17,4)5/h7-10H,6,11-12H2,1-5H3. The summed E-state index contributed by atoms with van der Waals surface area (Å²) in [5, 5.41) is 0. The van der Waals surface area contributed by atoms with Crippen LogP contribution in [0.15, 0.2) is 29.2 Å². The van der Waals surface area contributed by atoms with E-state index in [1.807, 2.05) is 24.3 Å². The minimum absolute atomic E-state index is 0.0164. The Morgan fingerprint density at radius 3 is 1.95 bits per heavy atom. The molecule has 0 bridgehead atoms. The molecule has 1 atom stereocenters. The third-order valence-electron chi connectivity index (χ3n) is 4.07. The van der Waals surface area contributed by atoms with E-state index in [1.165, 1.54) is 12.0 Å². The summed E-state index contributed by atoms with van der Waals surface area (Å²) in [6.45, 7) is 10.9. The van der Waals surface area contributed by atoms with Crippen molar-refractivity contribution in [3.8, 4) is 0 Å². The molecule has 2 rings (SSSR count). The maximum atomic E-state index is 13.0. The molecule has 0 spiro atoms. The van der Waals surface area contributed by atoms with Crippen LogP contribution >= 0.6 is 0 Å². The molecule has 0 aromatic heterocycles. The van der Waals surface area contributed by atoms with E-state index in [0.717, 1.165) is 17.7 Å². The van der Waals surface area contributed by atoms with Gasteiger partial charge in [0, 0.05) is 11.1 Å². The highest BCUT2D eigenvalue weighted by Crippen LogP contribution is 2.40. The molecule has 1 aliphatic rings. The number of rotatable bonds is 2. The summed E-state index contributed by atoms with van der Waals surface area (Å²) in [6.07, 6.45) is 3.42. The lowest BCUT2D eigenvalue weighted by Gasteiger charge is -2.51. The fourth-order valence-electron chi connectivity index (χ4n) is 3.19. The first-order chi connectivity index (χ1) is 8.74. The molecule has 0 saturated carbocycles. The van der Waals surface area contributed by atoms with E-state index in [1.54, 1.807) is 0 Å². The summed E-state index contributed by atoms with van der Waals surface area (Å²) in [5.74, 6) is 0. The summed E-state index contributed by atoms with van der Waals surface area (Å²) in [6, 6.07) is 8.06. The lowest BCUT2D eigenvalue weighted by Crippen LogP contribution is -2.58. The Hall–Kier alpha value is -0.670. The van der Waals surface area contributed by atoms with Crippen molar-refractivity contribution in [2.75, 3.05) is 0 Å². The summed E-state index contributed by atoms with van der Waals surface area (Å²) >= 11 is 0. The van der Waals surface area contributed by atoms with Crippen molar-refractivity contribution in [3.63, 3.8) is 0 Å². The van der Waals surface area contributed by atoms with Crippen LogP contribution in [0.2, 0.25) is 0 Å². The third kappa shape index (κ3) is 2.92. The highest BCUT2D eigenvalue weighted by molar-refractivity contribution is 7.82. The van der Waals surface area contributed by atoms with Crippen LogP contribution in [0.4, 0.5) is 0 Å². The summed E-state index contributed by atoms with van der Waals surface area (Å²) in [4.78, 5) is 0.911. The zero-order valence-electron chi connectivity index (χ0n) is 12.7. The van der Waals surface area contributed by atoms with E-state index >= 15 is 0 Å². The predicted octanol–water partition coefficient (Wildman–Crippen LogP) is 4.06. The third-order valence-corrected chi connectivity index (χ3v) is 6.06. The smallest absolute Gasteiger partial charge is 0.128 e. The maximum absolute atomic E-state index is 13.0. The van der Waals surface area contributed by atoms with Gasteiger partial charge in [-0.25, -0.2) is 8.51 Å². The lowest BCUT2D eigenvalue weighted by molar-refractivity contribution is 0.0616. The topological polar surface area (TPSA) is 20.3 Å². The van der Waals surface area contributed by atoms with Gasteiger partial charge in [-0.1, -0.05) is 17.7 Å². The van der Waals surface area contributed by atoms with Gasteiger partial charge in [-0.15, -0.1) is 0 Å². The van der Waals surface area contributed by atoms with E-state index in [0.29, 0.717) is 0 Å². The Morgan fingerprint density at radius 2 is 1.47 bits per heavy atom. The first kappa shape index (κ1) is 14.7. The number of aryl methyl sites for hydroxylation is 1. The summed E-state index contributed by atoms with van der Waals surface area (Å²) in [5.41, 5.74) is 1.17. The first-order valence-corrected chi connectivity index (χ1v) is 8.14. The van der Waals surface area contributed by atoms with Crippen molar-refractivity contribution >= 4 is 11.0 Å². The summed E-state index contributed by atoms with van der Waals surface area (Å²) < 4.78 is 15.2. The summed E-state index contributed by atoms with van der Waals surface area (Å²) in [7, 11) is -1.08. The molecule has 2 nitrogen and oxygen atoms in total. The fourth-order valence-corrected chi connectivity index (χ4v) is 4.85. The first-order valence-electron chi connectivity index (χ1n) is 7.03. The Labute approximate surface area is 119 Å². The van der Waals surface area contributed by atoms with Crippen LogP contribution in [0.5, 0.6) is 0 Å². The van der Waals surface area contributed by atoms with Crippen LogP contribution in [0.1, 0.15) is 52.5 Å². The molecule has 19 heavy (non-hydrogen) atoms. The number of hydrogen-bond donors (Lipinski definition) is 0. The van der Waals surface area contributed by atoms with Crippen LogP contribution in [0, 0.1) is 6.92 Å². The fraction of sp³-hybridized carbons (Fsp3) is 0.625. The van der Waals surface area contributed by atoms with Crippen molar-refractivity contribution in [1.82, 2.24) is 4.31 Å². The van der Waals surface area contributed by atoms with Gasteiger partial charge in [0.05, 0.1) is 4.90 Å². The molecule has 0 aliphatic carbocycles. The van der Waals surface area contributed by atoms with E-state index in [-0.39, 0.29) is 11.1 Å². The van der Waals surface area contributed by atoms with E-state index in [9.17, 15) is 4.21 Å². The van der Waals surface area contributed by atoms with Crippen LogP contribution < -0.4 is 0 Å². The van der Waals surface area contributed by atoms with Gasteiger partial charge in [-0.3, -0.25) is 0 Å². The van der Waals surface area contributed by atoms with Gasteiger partial charge in [0.15, 0.2) is 0 Å². The van der Waals surface area contributed by atoms with Crippen molar-refractivity contribution < 1.29 is 4.21 Å². The SMILES string of the molecule is Cc1ccc(S(=O)N2C(C)(C)CCCC2(C)C)cc1. The molecule has 0 radical (unpaired) electrons. The molecule has 3 heteroatoms. The van der Waals surface area contributed by atoms with Crippen molar-refractivity contribution in [2.45, 2.75) is 69.9 Å². The minimum Gasteiger partial charge on any atom is -0.237 e. The van der Waals surface area contributed by atoms with Gasteiger partial charge in [0.25, 0.3) is 0 Å². The highest BCUT2D eigenvalue weighted by atomic mass is 32.2.